The zero-order valence-corrected chi connectivity index (χ0v) is 12.4. The number of hydrogen-bond donors (Lipinski definition) is 2. The minimum absolute atomic E-state index is 0.116. The molecule has 6 heteroatoms. The van der Waals surface area contributed by atoms with Crippen LogP contribution in [-0.2, 0) is 11.3 Å². The number of nitrogens with zero attached hydrogens (tertiary/aromatic N) is 3. The van der Waals surface area contributed by atoms with Gasteiger partial charge in [0.2, 0.25) is 11.9 Å². The van der Waals surface area contributed by atoms with Crippen molar-refractivity contribution in [3.8, 4) is 0 Å². The van der Waals surface area contributed by atoms with Gasteiger partial charge in [-0.25, -0.2) is 0 Å². The van der Waals surface area contributed by atoms with Crippen LogP contribution in [0, 0.1) is 0 Å². The Morgan fingerprint density at radius 3 is 2.73 bits per heavy atom. The molecule has 3 rings (SSSR count). The fourth-order valence-corrected chi connectivity index (χ4v) is 2.93. The van der Waals surface area contributed by atoms with Crippen LogP contribution in [0.25, 0.3) is 0 Å². The smallest absolute Gasteiger partial charge is 0.231 e. The van der Waals surface area contributed by atoms with Gasteiger partial charge in [-0.05, 0) is 18.4 Å². The maximum atomic E-state index is 12.1. The zero-order chi connectivity index (χ0) is 15.4. The van der Waals surface area contributed by atoms with E-state index in [9.17, 15) is 9.90 Å². The van der Waals surface area contributed by atoms with Crippen LogP contribution < -0.4 is 5.32 Å². The van der Waals surface area contributed by atoms with Gasteiger partial charge in [0, 0.05) is 0 Å². The molecule has 1 aliphatic rings. The zero-order valence-electron chi connectivity index (χ0n) is 12.4. The van der Waals surface area contributed by atoms with E-state index in [1.54, 1.807) is 10.9 Å². The average molecular weight is 300 g/mol. The van der Waals surface area contributed by atoms with Crippen molar-refractivity contribution in [2.75, 3.05) is 5.32 Å². The maximum absolute atomic E-state index is 12.1. The summed E-state index contributed by atoms with van der Waals surface area (Å²) in [5.74, 6) is 0.196. The molecule has 0 aliphatic heterocycles. The molecular weight excluding hydrogens is 280 g/mol. The summed E-state index contributed by atoms with van der Waals surface area (Å²) < 4.78 is 1.78. The molecular formula is C16H20N4O2. The monoisotopic (exact) mass is 300 g/mol. The first kappa shape index (κ1) is 14.7. The molecule has 1 fully saturated rings. The van der Waals surface area contributed by atoms with Crippen LogP contribution in [0.1, 0.15) is 37.7 Å². The number of nitrogens with one attached hydrogen (secondary N) is 1. The van der Waals surface area contributed by atoms with E-state index in [1.165, 1.54) is 0 Å². The van der Waals surface area contributed by atoms with E-state index in [2.05, 4.69) is 15.5 Å². The number of benzene rings is 1. The van der Waals surface area contributed by atoms with Crippen molar-refractivity contribution in [2.45, 2.75) is 44.2 Å². The van der Waals surface area contributed by atoms with Crippen LogP contribution in [0.4, 0.5) is 5.95 Å². The Morgan fingerprint density at radius 2 is 2.00 bits per heavy atom. The summed E-state index contributed by atoms with van der Waals surface area (Å²) >= 11 is 0. The predicted molar refractivity (Wildman–Crippen MR) is 82.2 cm³/mol. The first-order chi connectivity index (χ1) is 10.6. The molecule has 1 aliphatic carbocycles. The highest BCUT2D eigenvalue weighted by molar-refractivity contribution is 5.89. The van der Waals surface area contributed by atoms with Crippen LogP contribution in [0.15, 0.2) is 36.7 Å². The second-order valence-electron chi connectivity index (χ2n) is 5.92. The van der Waals surface area contributed by atoms with Gasteiger partial charge in [0.25, 0.3) is 0 Å². The summed E-state index contributed by atoms with van der Waals surface area (Å²) in [6.07, 6.45) is 5.05. The Morgan fingerprint density at radius 1 is 1.27 bits per heavy atom. The molecule has 116 valence electrons. The number of amides is 1. The van der Waals surface area contributed by atoms with Crippen LogP contribution >= 0.6 is 0 Å². The van der Waals surface area contributed by atoms with Crippen molar-refractivity contribution in [3.05, 3.63) is 42.2 Å². The van der Waals surface area contributed by atoms with Crippen molar-refractivity contribution >= 4 is 11.9 Å². The first-order valence-corrected chi connectivity index (χ1v) is 7.59. The lowest BCUT2D eigenvalue weighted by molar-refractivity contribution is -0.120. The van der Waals surface area contributed by atoms with Gasteiger partial charge in [-0.3, -0.25) is 14.7 Å². The van der Waals surface area contributed by atoms with Crippen molar-refractivity contribution < 1.29 is 9.90 Å². The molecule has 0 saturated heterocycles. The van der Waals surface area contributed by atoms with E-state index in [-0.39, 0.29) is 12.3 Å². The van der Waals surface area contributed by atoms with Crippen LogP contribution in [0.2, 0.25) is 0 Å². The van der Waals surface area contributed by atoms with Crippen molar-refractivity contribution in [3.63, 3.8) is 0 Å². The lowest BCUT2D eigenvalue weighted by Gasteiger charge is -2.20. The molecule has 1 amide bonds. The lowest BCUT2D eigenvalue weighted by Crippen LogP contribution is -2.31. The number of aliphatic hydroxyl groups is 1. The molecule has 1 aromatic heterocycles. The molecule has 2 N–H and O–H groups in total. The van der Waals surface area contributed by atoms with Gasteiger partial charge in [0.05, 0.1) is 18.6 Å². The summed E-state index contributed by atoms with van der Waals surface area (Å²) in [5, 5.41) is 20.8. The Bertz CT molecular complexity index is 633. The van der Waals surface area contributed by atoms with E-state index in [1.807, 2.05) is 30.3 Å². The fourth-order valence-electron chi connectivity index (χ4n) is 2.93. The maximum Gasteiger partial charge on any atom is 0.231 e. The van der Waals surface area contributed by atoms with E-state index in [4.69, 9.17) is 0 Å². The summed E-state index contributed by atoms with van der Waals surface area (Å²) in [5.41, 5.74) is 0.251. The summed E-state index contributed by atoms with van der Waals surface area (Å²) in [4.78, 5) is 12.1. The SMILES string of the molecule is O=C(CC1(O)CCCC1)Nc1nncn1Cc1ccccc1. The van der Waals surface area contributed by atoms with Gasteiger partial charge in [-0.1, -0.05) is 43.2 Å². The Kier molecular flexibility index (Phi) is 4.20. The Balaban J connectivity index is 1.63. The van der Waals surface area contributed by atoms with Crippen molar-refractivity contribution in [1.29, 1.82) is 0 Å². The first-order valence-electron chi connectivity index (χ1n) is 7.59. The van der Waals surface area contributed by atoms with Gasteiger partial charge in [0.15, 0.2) is 0 Å². The van der Waals surface area contributed by atoms with Crippen LogP contribution in [0.5, 0.6) is 0 Å². The number of carbonyl (C=O) groups excluding carboxylic acids is 1. The standard InChI is InChI=1S/C16H20N4O2/c21-14(10-16(22)8-4-5-9-16)18-15-19-17-12-20(15)11-13-6-2-1-3-7-13/h1-3,6-7,12,22H,4-5,8-11H2,(H,18,19,21). The second-order valence-corrected chi connectivity index (χ2v) is 5.92. The minimum Gasteiger partial charge on any atom is -0.389 e. The predicted octanol–water partition coefficient (Wildman–Crippen LogP) is 1.96. The molecule has 0 spiro atoms. The van der Waals surface area contributed by atoms with Crippen LogP contribution in [0.3, 0.4) is 0 Å². The van der Waals surface area contributed by atoms with Crippen LogP contribution in [-0.4, -0.2) is 31.4 Å². The highest BCUT2D eigenvalue weighted by Crippen LogP contribution is 2.32. The number of hydrogen-bond acceptors (Lipinski definition) is 4. The van der Waals surface area contributed by atoms with E-state index in [0.717, 1.165) is 18.4 Å². The Hall–Kier alpha value is -2.21. The molecule has 6 nitrogen and oxygen atoms in total. The van der Waals surface area contributed by atoms with E-state index >= 15 is 0 Å². The lowest BCUT2D eigenvalue weighted by atomic mass is 9.98. The normalized spacial score (nSPS) is 16.6. The molecule has 1 heterocycles. The van der Waals surface area contributed by atoms with E-state index in [0.29, 0.717) is 25.3 Å². The second kappa shape index (κ2) is 6.27. The van der Waals surface area contributed by atoms with Gasteiger partial charge in [-0.15, -0.1) is 10.2 Å². The highest BCUT2D eigenvalue weighted by Gasteiger charge is 2.33. The molecule has 1 aromatic carbocycles. The van der Waals surface area contributed by atoms with Gasteiger partial charge in [-0.2, -0.15) is 0 Å². The van der Waals surface area contributed by atoms with Gasteiger partial charge < -0.3 is 5.11 Å². The fraction of sp³-hybridized carbons (Fsp3) is 0.438. The highest BCUT2D eigenvalue weighted by atomic mass is 16.3. The van der Waals surface area contributed by atoms with Gasteiger partial charge in [0.1, 0.15) is 6.33 Å². The number of anilines is 1. The average Bonchev–Trinajstić information content (AvgIpc) is 3.10. The Labute approximate surface area is 129 Å². The summed E-state index contributed by atoms with van der Waals surface area (Å²) in [6, 6.07) is 9.90. The molecule has 2 aromatic rings. The molecule has 0 radical (unpaired) electrons. The van der Waals surface area contributed by atoms with Gasteiger partial charge >= 0.3 is 0 Å². The number of rotatable bonds is 5. The summed E-state index contributed by atoms with van der Waals surface area (Å²) in [7, 11) is 0. The van der Waals surface area contributed by atoms with Crippen molar-refractivity contribution in [2.24, 2.45) is 0 Å². The molecule has 0 atom stereocenters. The third-order valence-corrected chi connectivity index (χ3v) is 4.09. The topological polar surface area (TPSA) is 80.0 Å². The largest absolute Gasteiger partial charge is 0.389 e. The third-order valence-electron chi connectivity index (χ3n) is 4.09. The minimum atomic E-state index is -0.853. The molecule has 0 unspecified atom stereocenters. The third kappa shape index (κ3) is 3.51. The molecule has 1 saturated carbocycles. The van der Waals surface area contributed by atoms with Crippen molar-refractivity contribution in [1.82, 2.24) is 14.8 Å². The van der Waals surface area contributed by atoms with E-state index < -0.39 is 5.60 Å². The number of carbonyl (C=O) groups is 1. The number of aromatic nitrogens is 3. The molecule has 0 bridgehead atoms. The quantitative estimate of drug-likeness (QED) is 0.884. The molecule has 22 heavy (non-hydrogen) atoms. The summed E-state index contributed by atoms with van der Waals surface area (Å²) in [6.45, 7) is 0.591.